The molecule has 2 aromatic rings. The van der Waals surface area contributed by atoms with Crippen molar-refractivity contribution in [3.8, 4) is 11.5 Å². The first kappa shape index (κ1) is 26.1. The first-order valence-corrected chi connectivity index (χ1v) is 10.1. The van der Waals surface area contributed by atoms with Gasteiger partial charge in [-0.15, -0.1) is 0 Å². The third-order valence-electron chi connectivity index (χ3n) is 5.03. The number of carbonyl (C=O) groups excluding carboxylic acids is 1. The predicted octanol–water partition coefficient (Wildman–Crippen LogP) is 1.73. The zero-order valence-electron chi connectivity index (χ0n) is 18.7. The Hall–Kier alpha value is -4.19. The lowest BCUT2D eigenvalue weighted by molar-refractivity contribution is -0.384. The molecule has 0 radical (unpaired) electrons. The fourth-order valence-electron chi connectivity index (χ4n) is 3.24. The maximum atomic E-state index is 12.8. The molecule has 1 amide bonds. The number of nitrogens with zero attached hydrogens (tertiary/aromatic N) is 3. The largest absolute Gasteiger partial charge is 0.493 e. The van der Waals surface area contributed by atoms with Crippen LogP contribution in [0.2, 0.25) is 0 Å². The van der Waals surface area contributed by atoms with Crippen LogP contribution in [0.25, 0.3) is 0 Å². The monoisotopic (exact) mass is 475 g/mol. The topological polar surface area (TPSA) is 160 Å². The van der Waals surface area contributed by atoms with E-state index in [0.717, 1.165) is 18.7 Å². The van der Waals surface area contributed by atoms with Crippen LogP contribution >= 0.6 is 0 Å². The lowest BCUT2D eigenvalue weighted by atomic mass is 10.1. The molecule has 0 bridgehead atoms. The second kappa shape index (κ2) is 12.2. The maximum absolute atomic E-state index is 12.8. The molecule has 1 saturated heterocycles. The molecule has 0 unspecified atom stereocenters. The summed E-state index contributed by atoms with van der Waals surface area (Å²) in [4.78, 5) is 45.4. The number of nitro benzene ring substituents is 1. The zero-order chi connectivity index (χ0) is 25.3. The van der Waals surface area contributed by atoms with Crippen LogP contribution in [0.5, 0.6) is 11.5 Å². The summed E-state index contributed by atoms with van der Waals surface area (Å²) in [5, 5.41) is 25.5. The van der Waals surface area contributed by atoms with Gasteiger partial charge in [0.05, 0.1) is 19.1 Å². The van der Waals surface area contributed by atoms with Gasteiger partial charge in [0.2, 0.25) is 0 Å². The molecular weight excluding hydrogens is 450 g/mol. The molecule has 2 N–H and O–H groups in total. The number of hydrogen-bond acceptors (Lipinski definition) is 8. The van der Waals surface area contributed by atoms with Crippen molar-refractivity contribution in [2.75, 3.05) is 40.4 Å². The average Bonchev–Trinajstić information content (AvgIpc) is 2.84. The molecule has 0 saturated carbocycles. The normalized spacial score (nSPS) is 13.3. The van der Waals surface area contributed by atoms with Gasteiger partial charge in [0.15, 0.2) is 11.5 Å². The third-order valence-corrected chi connectivity index (χ3v) is 5.03. The van der Waals surface area contributed by atoms with Gasteiger partial charge in [-0.1, -0.05) is 12.1 Å². The van der Waals surface area contributed by atoms with Crippen molar-refractivity contribution in [2.24, 2.45) is 0 Å². The second-order valence-corrected chi connectivity index (χ2v) is 7.17. The Balaban J connectivity index is 0.000000604. The van der Waals surface area contributed by atoms with E-state index < -0.39 is 16.9 Å². The van der Waals surface area contributed by atoms with Crippen molar-refractivity contribution in [3.05, 3.63) is 63.7 Å². The van der Waals surface area contributed by atoms with Gasteiger partial charge >= 0.3 is 11.9 Å². The number of ether oxygens (including phenoxy) is 2. The summed E-state index contributed by atoms with van der Waals surface area (Å²) in [6, 6.07) is 11.8. The number of benzene rings is 2. The van der Waals surface area contributed by atoms with Gasteiger partial charge in [-0.3, -0.25) is 19.8 Å². The number of hydrogen-bond donors (Lipinski definition) is 2. The SMILES string of the molecule is COc1ccc(C(=O)N2CCN(Cc3ccc([N+](=O)[O-])cc3)CC2)cc1OC.O=C(O)C(=O)O. The lowest BCUT2D eigenvalue weighted by Crippen LogP contribution is -2.48. The Morgan fingerprint density at radius 3 is 1.94 bits per heavy atom. The lowest BCUT2D eigenvalue weighted by Gasteiger charge is -2.34. The third kappa shape index (κ3) is 7.17. The van der Waals surface area contributed by atoms with Crippen LogP contribution in [0.15, 0.2) is 42.5 Å². The van der Waals surface area contributed by atoms with Gasteiger partial charge in [-0.05, 0) is 23.8 Å². The number of piperazine rings is 1. The molecule has 12 heteroatoms. The average molecular weight is 475 g/mol. The van der Waals surface area contributed by atoms with Crippen molar-refractivity contribution < 1.29 is 39.0 Å². The highest BCUT2D eigenvalue weighted by Crippen LogP contribution is 2.28. The van der Waals surface area contributed by atoms with Gasteiger partial charge in [0.25, 0.3) is 11.6 Å². The molecule has 12 nitrogen and oxygen atoms in total. The standard InChI is InChI=1S/C20H23N3O5.C2H2O4/c1-27-18-8-5-16(13-19(18)28-2)20(24)22-11-9-21(10-12-22)14-15-3-6-17(7-4-15)23(25)26;3-1(4)2(5)6/h3-8,13H,9-12,14H2,1-2H3;(H,3,4)(H,5,6). The van der Waals surface area contributed by atoms with Crippen molar-refractivity contribution in [3.63, 3.8) is 0 Å². The van der Waals surface area contributed by atoms with Gasteiger partial charge in [0, 0.05) is 50.4 Å². The minimum atomic E-state index is -1.82. The minimum Gasteiger partial charge on any atom is -0.493 e. The highest BCUT2D eigenvalue weighted by molar-refractivity contribution is 6.27. The number of methoxy groups -OCH3 is 2. The fraction of sp³-hybridized carbons (Fsp3) is 0.318. The van der Waals surface area contributed by atoms with Crippen molar-refractivity contribution in [2.45, 2.75) is 6.54 Å². The van der Waals surface area contributed by atoms with Crippen molar-refractivity contribution in [1.82, 2.24) is 9.80 Å². The number of carbonyl (C=O) groups is 3. The van der Waals surface area contributed by atoms with Gasteiger partial charge < -0.3 is 24.6 Å². The molecule has 34 heavy (non-hydrogen) atoms. The van der Waals surface area contributed by atoms with Crippen molar-refractivity contribution >= 4 is 23.5 Å². The first-order valence-electron chi connectivity index (χ1n) is 10.1. The molecule has 1 heterocycles. The molecule has 182 valence electrons. The van der Waals surface area contributed by atoms with E-state index in [0.29, 0.717) is 36.7 Å². The van der Waals surface area contributed by atoms with E-state index in [1.54, 1.807) is 44.6 Å². The van der Waals surface area contributed by atoms with E-state index in [1.165, 1.54) is 12.1 Å². The summed E-state index contributed by atoms with van der Waals surface area (Å²) in [6.07, 6.45) is 0. The number of carboxylic acids is 2. The summed E-state index contributed by atoms with van der Waals surface area (Å²) in [5.41, 5.74) is 1.68. The van der Waals surface area contributed by atoms with Gasteiger partial charge in [-0.2, -0.15) is 0 Å². The van der Waals surface area contributed by atoms with E-state index in [4.69, 9.17) is 29.3 Å². The summed E-state index contributed by atoms with van der Waals surface area (Å²) in [5.74, 6) is -2.56. The number of rotatable bonds is 6. The van der Waals surface area contributed by atoms with Crippen LogP contribution in [0.3, 0.4) is 0 Å². The van der Waals surface area contributed by atoms with E-state index in [9.17, 15) is 14.9 Å². The number of carboxylic acid groups (broad SMARTS) is 2. The molecule has 0 aliphatic carbocycles. The Morgan fingerprint density at radius 1 is 0.912 bits per heavy atom. The van der Waals surface area contributed by atoms with Crippen LogP contribution in [0.1, 0.15) is 15.9 Å². The Kier molecular flexibility index (Phi) is 9.32. The quantitative estimate of drug-likeness (QED) is 0.358. The van der Waals surface area contributed by atoms with Crippen LogP contribution in [-0.4, -0.2) is 83.2 Å². The van der Waals surface area contributed by atoms with E-state index in [1.807, 2.05) is 4.90 Å². The zero-order valence-corrected chi connectivity index (χ0v) is 18.7. The molecule has 1 aliphatic rings. The number of nitro groups is 1. The molecule has 3 rings (SSSR count). The summed E-state index contributed by atoms with van der Waals surface area (Å²) in [6.45, 7) is 3.45. The van der Waals surface area contributed by atoms with E-state index in [-0.39, 0.29) is 11.6 Å². The van der Waals surface area contributed by atoms with Crippen LogP contribution in [0, 0.1) is 10.1 Å². The number of aliphatic carboxylic acids is 2. The minimum absolute atomic E-state index is 0.0315. The summed E-state index contributed by atoms with van der Waals surface area (Å²) in [7, 11) is 3.10. The van der Waals surface area contributed by atoms with Crippen LogP contribution < -0.4 is 9.47 Å². The highest BCUT2D eigenvalue weighted by Gasteiger charge is 2.23. The second-order valence-electron chi connectivity index (χ2n) is 7.17. The number of amides is 1. The molecule has 1 aliphatic heterocycles. The molecule has 0 atom stereocenters. The van der Waals surface area contributed by atoms with Crippen LogP contribution in [0.4, 0.5) is 5.69 Å². The summed E-state index contributed by atoms with van der Waals surface area (Å²) < 4.78 is 10.5. The molecule has 0 spiro atoms. The van der Waals surface area contributed by atoms with Crippen molar-refractivity contribution in [1.29, 1.82) is 0 Å². The molecular formula is C22H25N3O9. The Morgan fingerprint density at radius 2 is 1.47 bits per heavy atom. The van der Waals surface area contributed by atoms with E-state index >= 15 is 0 Å². The molecule has 2 aromatic carbocycles. The Bertz CT molecular complexity index is 1020. The molecule has 1 fully saturated rings. The van der Waals surface area contributed by atoms with Crippen LogP contribution in [-0.2, 0) is 16.1 Å². The van der Waals surface area contributed by atoms with Gasteiger partial charge in [-0.25, -0.2) is 9.59 Å². The van der Waals surface area contributed by atoms with Gasteiger partial charge in [0.1, 0.15) is 0 Å². The highest BCUT2D eigenvalue weighted by atomic mass is 16.6. The fourth-order valence-corrected chi connectivity index (χ4v) is 3.24. The summed E-state index contributed by atoms with van der Waals surface area (Å²) >= 11 is 0. The number of non-ortho nitro benzene ring substituents is 1. The molecule has 0 aromatic heterocycles. The predicted molar refractivity (Wildman–Crippen MR) is 119 cm³/mol. The maximum Gasteiger partial charge on any atom is 0.414 e. The Labute approximate surface area is 195 Å². The first-order chi connectivity index (χ1) is 16.2. The van der Waals surface area contributed by atoms with E-state index in [2.05, 4.69) is 4.90 Å². The smallest absolute Gasteiger partial charge is 0.414 e.